The zero-order valence-corrected chi connectivity index (χ0v) is 19.9. The van der Waals surface area contributed by atoms with E-state index in [4.69, 9.17) is 11.6 Å². The van der Waals surface area contributed by atoms with Crippen LogP contribution in [0.25, 0.3) is 0 Å². The van der Waals surface area contributed by atoms with Gasteiger partial charge in [0.15, 0.2) is 0 Å². The van der Waals surface area contributed by atoms with Crippen molar-refractivity contribution in [1.29, 1.82) is 0 Å². The van der Waals surface area contributed by atoms with Crippen LogP contribution in [0.2, 0.25) is 5.02 Å². The van der Waals surface area contributed by atoms with E-state index in [1.54, 1.807) is 43.3 Å². The molecule has 168 valence electrons. The molecule has 0 radical (unpaired) electrons. The van der Waals surface area contributed by atoms with Crippen LogP contribution in [-0.2, 0) is 26.2 Å². The van der Waals surface area contributed by atoms with Gasteiger partial charge >= 0.3 is 0 Å². The third kappa shape index (κ3) is 6.21. The molecule has 2 aromatic carbocycles. The first-order valence-electron chi connectivity index (χ1n) is 9.75. The third-order valence-corrected chi connectivity index (χ3v) is 6.58. The standard InChI is InChI=1S/C22H28ClN3O4S/c1-15-7-6-8-20(16(15)2)26(31(5,29)30)14-21(27)25(17(3)22(28)24-4)13-18-9-11-19(23)12-10-18/h6-12,17H,13-14H2,1-5H3,(H,24,28). The van der Waals surface area contributed by atoms with Crippen LogP contribution in [0.5, 0.6) is 0 Å². The van der Waals surface area contributed by atoms with Crippen molar-refractivity contribution in [1.82, 2.24) is 10.2 Å². The lowest BCUT2D eigenvalue weighted by atomic mass is 10.1. The number of benzene rings is 2. The molecule has 0 aromatic heterocycles. The highest BCUT2D eigenvalue weighted by atomic mass is 35.5. The van der Waals surface area contributed by atoms with E-state index in [9.17, 15) is 18.0 Å². The van der Waals surface area contributed by atoms with Gasteiger partial charge in [-0.1, -0.05) is 35.9 Å². The molecule has 9 heteroatoms. The van der Waals surface area contributed by atoms with Crippen LogP contribution < -0.4 is 9.62 Å². The van der Waals surface area contributed by atoms with Crippen molar-refractivity contribution in [2.75, 3.05) is 24.2 Å². The number of hydrogen-bond acceptors (Lipinski definition) is 4. The second kappa shape index (κ2) is 10.2. The summed E-state index contributed by atoms with van der Waals surface area (Å²) in [5, 5.41) is 3.10. The van der Waals surface area contributed by atoms with Crippen LogP contribution in [0.4, 0.5) is 5.69 Å². The molecular weight excluding hydrogens is 438 g/mol. The quantitative estimate of drug-likeness (QED) is 0.649. The van der Waals surface area contributed by atoms with Gasteiger partial charge in [0.05, 0.1) is 11.9 Å². The van der Waals surface area contributed by atoms with E-state index >= 15 is 0 Å². The molecule has 1 atom stereocenters. The Bertz CT molecular complexity index is 1050. The average Bonchev–Trinajstić information content (AvgIpc) is 2.71. The van der Waals surface area contributed by atoms with Gasteiger partial charge in [-0.05, 0) is 55.7 Å². The fraction of sp³-hybridized carbons (Fsp3) is 0.364. The minimum Gasteiger partial charge on any atom is -0.357 e. The van der Waals surface area contributed by atoms with Crippen molar-refractivity contribution >= 4 is 39.1 Å². The minimum atomic E-state index is -3.75. The number of rotatable bonds is 8. The minimum absolute atomic E-state index is 0.134. The SMILES string of the molecule is CNC(=O)C(C)N(Cc1ccc(Cl)cc1)C(=O)CN(c1cccc(C)c1C)S(C)(=O)=O. The highest BCUT2D eigenvalue weighted by molar-refractivity contribution is 7.92. The molecule has 0 spiro atoms. The lowest BCUT2D eigenvalue weighted by Gasteiger charge is -2.31. The molecule has 2 amide bonds. The first-order valence-corrected chi connectivity index (χ1v) is 12.0. The van der Waals surface area contributed by atoms with Gasteiger partial charge in [-0.2, -0.15) is 0 Å². The molecule has 0 saturated carbocycles. The fourth-order valence-corrected chi connectivity index (χ4v) is 4.20. The Morgan fingerprint density at radius 3 is 2.26 bits per heavy atom. The normalized spacial score (nSPS) is 12.2. The summed E-state index contributed by atoms with van der Waals surface area (Å²) in [6, 6.07) is 11.4. The summed E-state index contributed by atoms with van der Waals surface area (Å²) in [5.74, 6) is -0.836. The van der Waals surface area contributed by atoms with E-state index in [-0.39, 0.29) is 12.5 Å². The monoisotopic (exact) mass is 465 g/mol. The van der Waals surface area contributed by atoms with Gasteiger partial charge in [0.1, 0.15) is 12.6 Å². The molecule has 0 saturated heterocycles. The Hall–Kier alpha value is -2.58. The molecule has 0 fully saturated rings. The molecule has 31 heavy (non-hydrogen) atoms. The maximum atomic E-state index is 13.3. The van der Waals surface area contributed by atoms with E-state index in [2.05, 4.69) is 5.32 Å². The summed E-state index contributed by atoms with van der Waals surface area (Å²) in [7, 11) is -2.26. The summed E-state index contributed by atoms with van der Waals surface area (Å²) in [4.78, 5) is 27.0. The van der Waals surface area contributed by atoms with E-state index in [1.165, 1.54) is 11.9 Å². The number of nitrogens with one attached hydrogen (secondary N) is 1. The second-order valence-corrected chi connectivity index (χ2v) is 9.77. The Kier molecular flexibility index (Phi) is 8.08. The molecule has 0 aliphatic rings. The lowest BCUT2D eigenvalue weighted by molar-refractivity contribution is -0.139. The molecule has 2 aromatic rings. The van der Waals surface area contributed by atoms with Gasteiger partial charge in [0.25, 0.3) is 0 Å². The third-order valence-electron chi connectivity index (χ3n) is 5.20. The molecule has 0 bridgehead atoms. The molecule has 0 heterocycles. The number of carbonyl (C=O) groups is 2. The molecular formula is C22H28ClN3O4S. The van der Waals surface area contributed by atoms with E-state index in [0.717, 1.165) is 27.3 Å². The number of sulfonamides is 1. The topological polar surface area (TPSA) is 86.8 Å². The predicted molar refractivity (Wildman–Crippen MR) is 124 cm³/mol. The van der Waals surface area contributed by atoms with Crippen molar-refractivity contribution in [3.05, 3.63) is 64.2 Å². The van der Waals surface area contributed by atoms with Gasteiger partial charge in [0, 0.05) is 18.6 Å². The van der Waals surface area contributed by atoms with Gasteiger partial charge in [0.2, 0.25) is 21.8 Å². The smallest absolute Gasteiger partial charge is 0.244 e. The number of hydrogen-bond donors (Lipinski definition) is 1. The first-order chi connectivity index (χ1) is 14.5. The fourth-order valence-electron chi connectivity index (χ4n) is 3.18. The Morgan fingerprint density at radius 1 is 1.10 bits per heavy atom. The zero-order valence-electron chi connectivity index (χ0n) is 18.3. The molecule has 0 aliphatic carbocycles. The number of aryl methyl sites for hydroxylation is 1. The van der Waals surface area contributed by atoms with Crippen LogP contribution in [0.15, 0.2) is 42.5 Å². The predicted octanol–water partition coefficient (Wildman–Crippen LogP) is 2.89. The second-order valence-electron chi connectivity index (χ2n) is 7.43. The van der Waals surface area contributed by atoms with E-state index < -0.39 is 28.5 Å². The van der Waals surface area contributed by atoms with Crippen LogP contribution in [0.1, 0.15) is 23.6 Å². The number of nitrogens with zero attached hydrogens (tertiary/aromatic N) is 2. The average molecular weight is 466 g/mol. The summed E-state index contributed by atoms with van der Waals surface area (Å²) in [6.45, 7) is 5.01. The zero-order chi connectivity index (χ0) is 23.3. The highest BCUT2D eigenvalue weighted by Gasteiger charge is 2.30. The highest BCUT2D eigenvalue weighted by Crippen LogP contribution is 2.25. The molecule has 1 N–H and O–H groups in total. The number of amides is 2. The number of carbonyl (C=O) groups excluding carboxylic acids is 2. The van der Waals surface area contributed by atoms with Gasteiger partial charge < -0.3 is 10.2 Å². The largest absolute Gasteiger partial charge is 0.357 e. The maximum absolute atomic E-state index is 13.3. The lowest BCUT2D eigenvalue weighted by Crippen LogP contribution is -2.50. The Morgan fingerprint density at radius 2 is 1.71 bits per heavy atom. The number of halogens is 1. The van der Waals surface area contributed by atoms with Crippen LogP contribution in [0.3, 0.4) is 0 Å². The van der Waals surface area contributed by atoms with Gasteiger partial charge in [-0.25, -0.2) is 8.42 Å². The van der Waals surface area contributed by atoms with Crippen molar-refractivity contribution in [3.8, 4) is 0 Å². The Balaban J connectivity index is 2.42. The molecule has 1 unspecified atom stereocenters. The molecule has 7 nitrogen and oxygen atoms in total. The van der Waals surface area contributed by atoms with E-state index in [1.807, 2.05) is 19.9 Å². The molecule has 0 aliphatic heterocycles. The Labute approximate surface area is 189 Å². The summed E-state index contributed by atoms with van der Waals surface area (Å²) in [6.07, 6.45) is 1.06. The maximum Gasteiger partial charge on any atom is 0.244 e. The van der Waals surface area contributed by atoms with Crippen LogP contribution >= 0.6 is 11.6 Å². The number of likely N-dealkylation sites (N-methyl/N-ethyl adjacent to an activating group) is 1. The van der Waals surface area contributed by atoms with Gasteiger partial charge in [-0.15, -0.1) is 0 Å². The van der Waals surface area contributed by atoms with Crippen molar-refractivity contribution in [2.45, 2.75) is 33.4 Å². The van der Waals surface area contributed by atoms with Crippen molar-refractivity contribution in [2.24, 2.45) is 0 Å². The summed E-state index contributed by atoms with van der Waals surface area (Å²) >= 11 is 5.94. The van der Waals surface area contributed by atoms with Crippen molar-refractivity contribution < 1.29 is 18.0 Å². The summed E-state index contributed by atoms with van der Waals surface area (Å²) in [5.41, 5.74) is 2.89. The van der Waals surface area contributed by atoms with Crippen LogP contribution in [-0.4, -0.2) is 51.0 Å². The first kappa shape index (κ1) is 24.7. The van der Waals surface area contributed by atoms with Gasteiger partial charge in [-0.3, -0.25) is 13.9 Å². The summed E-state index contributed by atoms with van der Waals surface area (Å²) < 4.78 is 26.2. The van der Waals surface area contributed by atoms with Crippen molar-refractivity contribution in [3.63, 3.8) is 0 Å². The molecule has 2 rings (SSSR count). The van der Waals surface area contributed by atoms with Crippen LogP contribution in [0, 0.1) is 13.8 Å². The van der Waals surface area contributed by atoms with E-state index in [0.29, 0.717) is 10.7 Å². The number of anilines is 1.